The molecular weight excluding hydrogens is 471 g/mol. The second-order valence-electron chi connectivity index (χ2n) is 10.0. The number of hydrogen-bond donors (Lipinski definition) is 3. The Morgan fingerprint density at radius 2 is 1.92 bits per heavy atom. The summed E-state index contributed by atoms with van der Waals surface area (Å²) < 4.78 is 17.3. The van der Waals surface area contributed by atoms with Gasteiger partial charge in [0.05, 0.1) is 18.1 Å². The first-order chi connectivity index (χ1) is 17.9. The highest BCUT2D eigenvalue weighted by atomic mass is 19.1. The van der Waals surface area contributed by atoms with Crippen LogP contribution in [0.2, 0.25) is 0 Å². The minimum absolute atomic E-state index is 0.0695. The molecule has 5 rings (SSSR count). The number of nitrogens with one attached hydrogen (secondary N) is 1. The molecule has 1 aromatic heterocycles. The molecule has 2 heterocycles. The number of hydrogen-bond acceptors (Lipinski definition) is 6. The van der Waals surface area contributed by atoms with E-state index in [2.05, 4.69) is 52.9 Å². The smallest absolute Gasteiger partial charge is 0.228 e. The number of nitriles is 1. The molecule has 1 unspecified atom stereocenters. The molecule has 1 aliphatic heterocycles. The number of rotatable bonds is 8. The summed E-state index contributed by atoms with van der Waals surface area (Å²) in [5.41, 5.74) is 8.06. The summed E-state index contributed by atoms with van der Waals surface area (Å²) in [6, 6.07) is 20.5. The van der Waals surface area contributed by atoms with Crippen LogP contribution in [0.25, 0.3) is 11.1 Å². The fraction of sp³-hybridized carbons (Fsp3) is 0.393. The molecule has 9 heteroatoms. The van der Waals surface area contributed by atoms with Gasteiger partial charge in [0.1, 0.15) is 17.9 Å². The zero-order valence-corrected chi connectivity index (χ0v) is 20.6. The number of aromatic nitrogens is 2. The summed E-state index contributed by atoms with van der Waals surface area (Å²) >= 11 is 0. The second kappa shape index (κ2) is 10.4. The van der Waals surface area contributed by atoms with Gasteiger partial charge in [-0.25, -0.2) is 4.39 Å². The fourth-order valence-electron chi connectivity index (χ4n) is 5.00. The van der Waals surface area contributed by atoms with Crippen molar-refractivity contribution < 1.29 is 14.3 Å². The first kappa shape index (κ1) is 25.1. The number of nitrogens with zero attached hydrogens (tertiary/aromatic N) is 4. The van der Waals surface area contributed by atoms with Crippen LogP contribution in [0.15, 0.2) is 60.8 Å². The highest BCUT2D eigenvalue weighted by Crippen LogP contribution is 2.38. The molecule has 1 saturated heterocycles. The molecule has 8 nitrogen and oxygen atoms in total. The van der Waals surface area contributed by atoms with Gasteiger partial charge in [0.15, 0.2) is 5.82 Å². The topological polar surface area (TPSA) is 120 Å². The van der Waals surface area contributed by atoms with E-state index < -0.39 is 17.9 Å². The van der Waals surface area contributed by atoms with Crippen LogP contribution in [0.4, 0.5) is 10.2 Å². The van der Waals surface area contributed by atoms with Gasteiger partial charge in [-0.2, -0.15) is 10.4 Å². The Morgan fingerprint density at radius 1 is 1.22 bits per heavy atom. The molecule has 4 N–H and O–H groups in total. The van der Waals surface area contributed by atoms with Crippen molar-refractivity contribution in [1.82, 2.24) is 14.7 Å². The number of carbonyl (C=O) groups excluding carboxylic acids is 1. The van der Waals surface area contributed by atoms with Crippen molar-refractivity contribution in [3.05, 3.63) is 71.9 Å². The lowest BCUT2D eigenvalue weighted by molar-refractivity contribution is -0.117. The zero-order valence-electron chi connectivity index (χ0n) is 20.6. The summed E-state index contributed by atoms with van der Waals surface area (Å²) in [4.78, 5) is 14.3. The van der Waals surface area contributed by atoms with Crippen molar-refractivity contribution in [2.75, 3.05) is 18.4 Å². The van der Waals surface area contributed by atoms with Crippen LogP contribution >= 0.6 is 0 Å². The molecule has 37 heavy (non-hydrogen) atoms. The van der Waals surface area contributed by atoms with E-state index in [0.29, 0.717) is 19.5 Å². The van der Waals surface area contributed by atoms with E-state index in [1.54, 1.807) is 0 Å². The van der Waals surface area contributed by atoms with E-state index in [1.165, 1.54) is 10.9 Å². The maximum Gasteiger partial charge on any atom is 0.228 e. The highest BCUT2D eigenvalue weighted by molar-refractivity contribution is 5.93. The molecule has 1 saturated carbocycles. The standard InChI is InChI=1S/C28H31FN6O2/c29-24-18-34(16-19-6-8-21(9-7-19)20-4-2-1-3-5-20)15-13-28(24,12-14-30)35-17-23(25(31)36)26(33-35)32-27(37)22-10-11-22/h1-9,17,22,24-25,36H,10-13,15-16,18,31H2,(H,32,33,37)/t24-,25?,28-/m0/s1. The number of aliphatic hydroxyl groups excluding tert-OH is 1. The van der Waals surface area contributed by atoms with Gasteiger partial charge in [-0.15, -0.1) is 0 Å². The van der Waals surface area contributed by atoms with Crippen LogP contribution in [-0.2, 0) is 16.9 Å². The van der Waals surface area contributed by atoms with Crippen LogP contribution in [0.3, 0.4) is 0 Å². The lowest BCUT2D eigenvalue weighted by Gasteiger charge is -2.43. The number of likely N-dealkylation sites (tertiary alicyclic amines) is 1. The highest BCUT2D eigenvalue weighted by Gasteiger charge is 2.46. The fourth-order valence-corrected chi connectivity index (χ4v) is 5.00. The molecule has 0 radical (unpaired) electrons. The average Bonchev–Trinajstić information content (AvgIpc) is 3.67. The predicted molar refractivity (Wildman–Crippen MR) is 138 cm³/mol. The third-order valence-corrected chi connectivity index (χ3v) is 7.42. The quantitative estimate of drug-likeness (QED) is 0.404. The van der Waals surface area contributed by atoms with Crippen molar-refractivity contribution in [1.29, 1.82) is 5.26 Å². The number of halogens is 1. The van der Waals surface area contributed by atoms with Crippen molar-refractivity contribution in [2.45, 2.75) is 50.2 Å². The predicted octanol–water partition coefficient (Wildman–Crippen LogP) is 3.70. The lowest BCUT2D eigenvalue weighted by atomic mass is 9.83. The van der Waals surface area contributed by atoms with Crippen molar-refractivity contribution in [3.8, 4) is 17.2 Å². The summed E-state index contributed by atoms with van der Waals surface area (Å²) in [7, 11) is 0. The average molecular weight is 503 g/mol. The van der Waals surface area contributed by atoms with Crippen molar-refractivity contribution in [2.24, 2.45) is 11.7 Å². The monoisotopic (exact) mass is 502 g/mol. The molecule has 2 fully saturated rings. The second-order valence-corrected chi connectivity index (χ2v) is 10.0. The van der Waals surface area contributed by atoms with Crippen molar-refractivity contribution >= 4 is 11.7 Å². The molecule has 0 bridgehead atoms. The van der Waals surface area contributed by atoms with Gasteiger partial charge in [-0.3, -0.25) is 14.4 Å². The molecule has 192 valence electrons. The van der Waals surface area contributed by atoms with Crippen molar-refractivity contribution in [3.63, 3.8) is 0 Å². The molecule has 3 aromatic rings. The number of aliphatic hydroxyl groups is 1. The van der Waals surface area contributed by atoms with E-state index >= 15 is 4.39 Å². The molecular formula is C28H31FN6O2. The van der Waals surface area contributed by atoms with Gasteiger partial charge >= 0.3 is 0 Å². The molecule has 2 aliphatic rings. The number of carbonyl (C=O) groups is 1. The van der Waals surface area contributed by atoms with E-state index in [-0.39, 0.29) is 36.2 Å². The van der Waals surface area contributed by atoms with Gasteiger partial charge < -0.3 is 16.2 Å². The van der Waals surface area contributed by atoms with Gasteiger partial charge in [0.25, 0.3) is 0 Å². The maximum atomic E-state index is 15.9. The maximum absolute atomic E-state index is 15.9. The van der Waals surface area contributed by atoms with Crippen LogP contribution in [0.5, 0.6) is 0 Å². The largest absolute Gasteiger partial charge is 0.374 e. The number of anilines is 1. The molecule has 3 atom stereocenters. The number of piperidine rings is 1. The molecule has 0 spiro atoms. The Balaban J connectivity index is 1.31. The Bertz CT molecular complexity index is 1280. The van der Waals surface area contributed by atoms with Gasteiger partial charge in [0.2, 0.25) is 5.91 Å². The number of alkyl halides is 1. The van der Waals surface area contributed by atoms with E-state index in [4.69, 9.17) is 5.73 Å². The molecule has 2 aromatic carbocycles. The minimum atomic E-state index is -1.39. The molecule has 1 amide bonds. The van der Waals surface area contributed by atoms with E-state index in [1.807, 2.05) is 23.1 Å². The zero-order chi connectivity index (χ0) is 26.0. The van der Waals surface area contributed by atoms with Crippen LogP contribution in [-0.4, -0.2) is 45.0 Å². The van der Waals surface area contributed by atoms with Crippen LogP contribution < -0.4 is 11.1 Å². The van der Waals surface area contributed by atoms with Gasteiger partial charge in [-0.05, 0) is 36.0 Å². The van der Waals surface area contributed by atoms with Gasteiger partial charge in [0, 0.05) is 31.7 Å². The third-order valence-electron chi connectivity index (χ3n) is 7.42. The first-order valence-corrected chi connectivity index (χ1v) is 12.6. The summed E-state index contributed by atoms with van der Waals surface area (Å²) in [5.74, 6) is -0.136. The Kier molecular flexibility index (Phi) is 7.07. The minimum Gasteiger partial charge on any atom is -0.374 e. The number of benzene rings is 2. The van der Waals surface area contributed by atoms with E-state index in [0.717, 1.165) is 29.5 Å². The third kappa shape index (κ3) is 5.27. The van der Waals surface area contributed by atoms with E-state index in [9.17, 15) is 15.2 Å². The Hall–Kier alpha value is -3.58. The lowest BCUT2D eigenvalue weighted by Crippen LogP contribution is -2.54. The Labute approximate surface area is 215 Å². The SMILES string of the molecule is N#CC[C@]1(n2cc(C(N)O)c(NC(=O)C3CC3)n2)CCN(Cc2ccc(-c3ccccc3)cc2)C[C@@H]1F. The summed E-state index contributed by atoms with van der Waals surface area (Å²) in [5, 5.41) is 26.8. The normalized spacial score (nSPS) is 22.8. The first-order valence-electron chi connectivity index (χ1n) is 12.6. The molecule has 1 aliphatic carbocycles. The van der Waals surface area contributed by atoms with Gasteiger partial charge in [-0.1, -0.05) is 54.6 Å². The van der Waals surface area contributed by atoms with Crippen LogP contribution in [0, 0.1) is 17.2 Å². The number of nitrogens with two attached hydrogens (primary N) is 1. The summed E-state index contributed by atoms with van der Waals surface area (Å²) in [6.07, 6.45) is 0.562. The van der Waals surface area contributed by atoms with Crippen LogP contribution in [0.1, 0.15) is 43.0 Å². The number of amides is 1. The summed E-state index contributed by atoms with van der Waals surface area (Å²) in [6.45, 7) is 1.28. The Morgan fingerprint density at radius 3 is 2.54 bits per heavy atom.